The molecule has 8 heteroatoms. The zero-order valence-electron chi connectivity index (χ0n) is 13.4. The number of nitrogens with zero attached hydrogens (tertiary/aromatic N) is 4. The first-order chi connectivity index (χ1) is 11.6. The van der Waals surface area contributed by atoms with Crippen LogP contribution in [0.2, 0.25) is 0 Å². The lowest BCUT2D eigenvalue weighted by atomic mass is 10.3. The summed E-state index contributed by atoms with van der Waals surface area (Å²) in [7, 11) is 1.92. The van der Waals surface area contributed by atoms with E-state index in [1.54, 1.807) is 12.1 Å². The minimum Gasteiger partial charge on any atom is -0.485 e. The fourth-order valence-corrected chi connectivity index (χ4v) is 2.15. The highest BCUT2D eigenvalue weighted by Gasteiger charge is 2.11. The van der Waals surface area contributed by atoms with E-state index in [0.29, 0.717) is 30.6 Å². The van der Waals surface area contributed by atoms with Crippen LogP contribution in [-0.4, -0.2) is 27.2 Å². The van der Waals surface area contributed by atoms with Crippen molar-refractivity contribution in [2.75, 3.05) is 7.05 Å². The summed E-state index contributed by atoms with van der Waals surface area (Å²) in [6.07, 6.45) is 0. The first-order valence-electron chi connectivity index (χ1n) is 7.39. The van der Waals surface area contributed by atoms with Gasteiger partial charge in [-0.3, -0.25) is 4.90 Å². The summed E-state index contributed by atoms with van der Waals surface area (Å²) in [5.41, 5.74) is 0.842. The SMILES string of the molecule is Cc1cc(CN(C)Cc2nc(COc3ccc(F)cc3)no2)no1. The number of aryl methyl sites for hydroxylation is 1. The van der Waals surface area contributed by atoms with Crippen LogP contribution in [0.1, 0.15) is 23.2 Å². The van der Waals surface area contributed by atoms with E-state index in [1.807, 2.05) is 24.9 Å². The second-order valence-corrected chi connectivity index (χ2v) is 5.45. The molecule has 2 heterocycles. The summed E-state index contributed by atoms with van der Waals surface area (Å²) >= 11 is 0. The van der Waals surface area contributed by atoms with Crippen molar-refractivity contribution >= 4 is 0 Å². The maximum absolute atomic E-state index is 12.8. The largest absolute Gasteiger partial charge is 0.485 e. The highest BCUT2D eigenvalue weighted by molar-refractivity contribution is 5.22. The van der Waals surface area contributed by atoms with Crippen molar-refractivity contribution in [1.29, 1.82) is 0 Å². The monoisotopic (exact) mass is 332 g/mol. The summed E-state index contributed by atoms with van der Waals surface area (Å²) in [6, 6.07) is 7.63. The molecule has 0 aliphatic rings. The van der Waals surface area contributed by atoms with E-state index < -0.39 is 0 Å². The highest BCUT2D eigenvalue weighted by Crippen LogP contribution is 2.13. The van der Waals surface area contributed by atoms with Gasteiger partial charge in [-0.2, -0.15) is 4.98 Å². The van der Waals surface area contributed by atoms with Crippen LogP contribution in [0.5, 0.6) is 5.75 Å². The number of aromatic nitrogens is 3. The molecular formula is C16H17FN4O3. The molecule has 0 spiro atoms. The van der Waals surface area contributed by atoms with Gasteiger partial charge in [0.1, 0.15) is 17.3 Å². The molecule has 126 valence electrons. The first kappa shape index (κ1) is 16.1. The standard InChI is InChI=1S/C16H17FN4O3/c1-11-7-13(19-23-11)8-21(2)9-16-18-15(20-24-16)10-22-14-5-3-12(17)4-6-14/h3-7H,8-10H2,1-2H3. The average molecular weight is 332 g/mol. The topological polar surface area (TPSA) is 77.4 Å². The minimum absolute atomic E-state index is 0.154. The molecule has 0 aliphatic heterocycles. The molecule has 0 fully saturated rings. The van der Waals surface area contributed by atoms with Crippen molar-refractivity contribution in [3.63, 3.8) is 0 Å². The Morgan fingerprint density at radius 3 is 2.62 bits per heavy atom. The third-order valence-corrected chi connectivity index (χ3v) is 3.21. The van der Waals surface area contributed by atoms with E-state index in [4.69, 9.17) is 13.8 Å². The lowest BCUT2D eigenvalue weighted by Crippen LogP contribution is -2.17. The third-order valence-electron chi connectivity index (χ3n) is 3.21. The number of halogens is 1. The highest BCUT2D eigenvalue weighted by atomic mass is 19.1. The van der Waals surface area contributed by atoms with Crippen molar-refractivity contribution in [3.8, 4) is 5.75 Å². The molecule has 0 aliphatic carbocycles. The van der Waals surface area contributed by atoms with E-state index in [-0.39, 0.29) is 12.4 Å². The van der Waals surface area contributed by atoms with Crippen LogP contribution < -0.4 is 4.74 Å². The molecule has 0 saturated carbocycles. The van der Waals surface area contributed by atoms with Gasteiger partial charge in [0.05, 0.1) is 12.2 Å². The lowest BCUT2D eigenvalue weighted by molar-refractivity contribution is 0.250. The second-order valence-electron chi connectivity index (χ2n) is 5.45. The van der Waals surface area contributed by atoms with E-state index in [0.717, 1.165) is 11.5 Å². The fourth-order valence-electron chi connectivity index (χ4n) is 2.15. The van der Waals surface area contributed by atoms with Crippen molar-refractivity contribution in [3.05, 3.63) is 59.3 Å². The molecule has 24 heavy (non-hydrogen) atoms. The molecule has 0 bridgehead atoms. The minimum atomic E-state index is -0.311. The molecular weight excluding hydrogens is 315 g/mol. The van der Waals surface area contributed by atoms with Gasteiger partial charge in [0.15, 0.2) is 6.61 Å². The van der Waals surface area contributed by atoms with Gasteiger partial charge >= 0.3 is 0 Å². The Balaban J connectivity index is 1.50. The van der Waals surface area contributed by atoms with Crippen LogP contribution in [0.3, 0.4) is 0 Å². The van der Waals surface area contributed by atoms with Crippen molar-refractivity contribution in [2.45, 2.75) is 26.6 Å². The van der Waals surface area contributed by atoms with Gasteiger partial charge in [-0.25, -0.2) is 4.39 Å². The number of ether oxygens (including phenoxy) is 1. The number of hydrogen-bond donors (Lipinski definition) is 0. The van der Waals surface area contributed by atoms with Crippen molar-refractivity contribution in [1.82, 2.24) is 20.2 Å². The zero-order valence-corrected chi connectivity index (χ0v) is 13.4. The van der Waals surface area contributed by atoms with Gasteiger partial charge in [-0.1, -0.05) is 10.3 Å². The molecule has 2 aromatic heterocycles. The third kappa shape index (κ3) is 4.39. The van der Waals surface area contributed by atoms with E-state index in [9.17, 15) is 4.39 Å². The molecule has 0 saturated heterocycles. The Hall–Kier alpha value is -2.74. The van der Waals surface area contributed by atoms with Crippen LogP contribution in [0.15, 0.2) is 39.4 Å². The Morgan fingerprint density at radius 1 is 1.12 bits per heavy atom. The van der Waals surface area contributed by atoms with Gasteiger partial charge in [-0.05, 0) is 38.2 Å². The Morgan fingerprint density at radius 2 is 1.92 bits per heavy atom. The number of benzene rings is 1. The van der Waals surface area contributed by atoms with Gasteiger partial charge in [-0.15, -0.1) is 0 Å². The maximum atomic E-state index is 12.8. The summed E-state index contributed by atoms with van der Waals surface area (Å²) < 4.78 is 28.5. The van der Waals surface area contributed by atoms with Crippen molar-refractivity contribution in [2.24, 2.45) is 0 Å². The van der Waals surface area contributed by atoms with Crippen LogP contribution >= 0.6 is 0 Å². The first-order valence-corrected chi connectivity index (χ1v) is 7.39. The van der Waals surface area contributed by atoms with Gasteiger partial charge in [0, 0.05) is 12.6 Å². The zero-order chi connectivity index (χ0) is 16.9. The summed E-state index contributed by atoms with van der Waals surface area (Å²) in [4.78, 5) is 6.25. The van der Waals surface area contributed by atoms with Crippen LogP contribution in [-0.2, 0) is 19.7 Å². The second kappa shape index (κ2) is 7.22. The Labute approximate surface area is 138 Å². The van der Waals surface area contributed by atoms with Crippen LogP contribution in [0.25, 0.3) is 0 Å². The van der Waals surface area contributed by atoms with Gasteiger partial charge < -0.3 is 13.8 Å². The van der Waals surface area contributed by atoms with E-state index in [1.165, 1.54) is 12.1 Å². The molecule has 0 amide bonds. The number of rotatable bonds is 7. The summed E-state index contributed by atoms with van der Waals surface area (Å²) in [6.45, 7) is 3.10. The predicted molar refractivity (Wildman–Crippen MR) is 81.4 cm³/mol. The molecule has 0 N–H and O–H groups in total. The van der Waals surface area contributed by atoms with Crippen molar-refractivity contribution < 1.29 is 18.2 Å². The molecule has 3 rings (SSSR count). The molecule has 0 radical (unpaired) electrons. The fraction of sp³-hybridized carbons (Fsp3) is 0.312. The van der Waals surface area contributed by atoms with Crippen LogP contribution in [0.4, 0.5) is 4.39 Å². The summed E-state index contributed by atoms with van der Waals surface area (Å²) in [5.74, 6) is 1.92. The lowest BCUT2D eigenvalue weighted by Gasteiger charge is -2.11. The summed E-state index contributed by atoms with van der Waals surface area (Å²) in [5, 5.41) is 7.81. The maximum Gasteiger partial charge on any atom is 0.240 e. The molecule has 1 aromatic carbocycles. The average Bonchev–Trinajstić information content (AvgIpc) is 3.16. The smallest absolute Gasteiger partial charge is 0.240 e. The quantitative estimate of drug-likeness (QED) is 0.658. The van der Waals surface area contributed by atoms with Gasteiger partial charge in [0.2, 0.25) is 11.7 Å². The van der Waals surface area contributed by atoms with E-state index >= 15 is 0 Å². The molecule has 3 aromatic rings. The number of hydrogen-bond acceptors (Lipinski definition) is 7. The molecule has 0 atom stereocenters. The molecule has 0 unspecified atom stereocenters. The Kier molecular flexibility index (Phi) is 4.85. The predicted octanol–water partition coefficient (Wildman–Crippen LogP) is 2.72. The van der Waals surface area contributed by atoms with E-state index in [2.05, 4.69) is 15.3 Å². The van der Waals surface area contributed by atoms with Gasteiger partial charge in [0.25, 0.3) is 0 Å². The van der Waals surface area contributed by atoms with Crippen LogP contribution in [0, 0.1) is 12.7 Å². The molecule has 7 nitrogen and oxygen atoms in total. The Bertz CT molecular complexity index is 785. The normalized spacial score (nSPS) is 11.2.